The maximum Gasteiger partial charge on any atom is 0.325 e. The maximum atomic E-state index is 12.5. The van der Waals surface area contributed by atoms with Crippen molar-refractivity contribution >= 4 is 11.3 Å². The van der Waals surface area contributed by atoms with Crippen molar-refractivity contribution in [1.29, 1.82) is 0 Å². The summed E-state index contributed by atoms with van der Waals surface area (Å²) in [6.45, 7) is 0.997. The zero-order valence-electron chi connectivity index (χ0n) is 12.9. The molecule has 0 radical (unpaired) electrons. The third-order valence-electron chi connectivity index (χ3n) is 4.24. The molecular weight excluding hydrogens is 334 g/mol. The quantitative estimate of drug-likeness (QED) is 0.729. The van der Waals surface area contributed by atoms with Crippen molar-refractivity contribution < 1.29 is 8.78 Å². The van der Waals surface area contributed by atoms with E-state index < -0.39 is 17.7 Å². The minimum Gasteiger partial charge on any atom is -0.368 e. The second-order valence-electron chi connectivity index (χ2n) is 5.99. The molecule has 0 bridgehead atoms. The summed E-state index contributed by atoms with van der Waals surface area (Å²) in [6, 6.07) is 1.68. The predicted octanol–water partition coefficient (Wildman–Crippen LogP) is 0.864. The number of fused-ring (bicyclic) bond motifs is 1. The summed E-state index contributed by atoms with van der Waals surface area (Å²) in [4.78, 5) is 33.9. The zero-order chi connectivity index (χ0) is 17.6. The predicted molar refractivity (Wildman–Crippen MR) is 86.0 cm³/mol. The van der Waals surface area contributed by atoms with Gasteiger partial charge in [0.05, 0.1) is 11.3 Å². The highest BCUT2D eigenvalue weighted by Gasteiger charge is 2.31. The Morgan fingerprint density at radius 1 is 1.32 bits per heavy atom. The largest absolute Gasteiger partial charge is 0.368 e. The van der Waals surface area contributed by atoms with Crippen LogP contribution in [0.15, 0.2) is 34.2 Å². The van der Waals surface area contributed by atoms with E-state index in [0.29, 0.717) is 30.1 Å². The lowest BCUT2D eigenvalue weighted by molar-refractivity contribution is 0.107. The molecule has 4 heterocycles. The Balaban J connectivity index is 1.74. The van der Waals surface area contributed by atoms with Crippen LogP contribution in [0.5, 0.6) is 0 Å². The Hall–Kier alpha value is -3.04. The van der Waals surface area contributed by atoms with Crippen LogP contribution in [-0.4, -0.2) is 44.1 Å². The third-order valence-corrected chi connectivity index (χ3v) is 4.24. The average molecular weight is 348 g/mol. The van der Waals surface area contributed by atoms with E-state index in [1.54, 1.807) is 18.5 Å². The number of alkyl halides is 2. The molecule has 1 aliphatic heterocycles. The van der Waals surface area contributed by atoms with E-state index >= 15 is 0 Å². The van der Waals surface area contributed by atoms with Crippen molar-refractivity contribution in [3.8, 4) is 11.3 Å². The smallest absolute Gasteiger partial charge is 0.325 e. The first-order valence-corrected chi connectivity index (χ1v) is 7.71. The molecule has 4 rings (SSSR count). The average Bonchev–Trinajstić information content (AvgIpc) is 2.98. The number of halogens is 2. The third kappa shape index (κ3) is 2.79. The molecule has 0 saturated carbocycles. The van der Waals surface area contributed by atoms with Gasteiger partial charge >= 0.3 is 5.69 Å². The van der Waals surface area contributed by atoms with Crippen molar-refractivity contribution in [2.45, 2.75) is 12.8 Å². The van der Waals surface area contributed by atoms with Gasteiger partial charge in [-0.3, -0.25) is 9.78 Å². The van der Waals surface area contributed by atoms with E-state index in [4.69, 9.17) is 0 Å². The monoisotopic (exact) mass is 348 g/mol. The normalized spacial score (nSPS) is 15.1. The zero-order valence-corrected chi connectivity index (χ0v) is 12.9. The SMILES string of the molecule is O=c1[nH]cc(-c2cc(N3CC(CC(F)F)C3)c3nccn3n2)c(=O)[nH]1. The van der Waals surface area contributed by atoms with Crippen molar-refractivity contribution in [3.63, 3.8) is 0 Å². The molecule has 0 unspecified atom stereocenters. The molecule has 3 aromatic heterocycles. The van der Waals surface area contributed by atoms with Crippen LogP contribution in [0.4, 0.5) is 14.5 Å². The van der Waals surface area contributed by atoms with E-state index in [-0.39, 0.29) is 17.9 Å². The molecule has 0 atom stereocenters. The van der Waals surface area contributed by atoms with Crippen LogP contribution >= 0.6 is 0 Å². The number of imidazole rings is 1. The number of aromatic nitrogens is 5. The fourth-order valence-corrected chi connectivity index (χ4v) is 3.03. The molecule has 130 valence electrons. The number of anilines is 1. The molecule has 10 heteroatoms. The van der Waals surface area contributed by atoms with Gasteiger partial charge in [-0.25, -0.2) is 23.1 Å². The van der Waals surface area contributed by atoms with E-state index in [9.17, 15) is 18.4 Å². The maximum absolute atomic E-state index is 12.5. The number of nitrogens with zero attached hydrogens (tertiary/aromatic N) is 4. The van der Waals surface area contributed by atoms with Gasteiger partial charge in [-0.05, 0) is 12.0 Å². The molecule has 25 heavy (non-hydrogen) atoms. The Bertz CT molecular complexity index is 1030. The summed E-state index contributed by atoms with van der Waals surface area (Å²) in [5, 5.41) is 4.33. The molecule has 0 aromatic carbocycles. The summed E-state index contributed by atoms with van der Waals surface area (Å²) in [6.07, 6.45) is 2.07. The van der Waals surface area contributed by atoms with Gasteiger partial charge in [-0.2, -0.15) is 5.10 Å². The number of aromatic amines is 2. The molecule has 2 N–H and O–H groups in total. The van der Waals surface area contributed by atoms with Gasteiger partial charge in [0.15, 0.2) is 5.65 Å². The Morgan fingerprint density at radius 3 is 2.84 bits per heavy atom. The lowest BCUT2D eigenvalue weighted by Gasteiger charge is -2.41. The van der Waals surface area contributed by atoms with E-state index in [2.05, 4.69) is 20.1 Å². The summed E-state index contributed by atoms with van der Waals surface area (Å²) in [5.74, 6) is -0.0666. The van der Waals surface area contributed by atoms with Gasteiger partial charge in [0, 0.05) is 38.1 Å². The fourth-order valence-electron chi connectivity index (χ4n) is 3.03. The molecule has 8 nitrogen and oxygen atoms in total. The molecular formula is C15H14F2N6O2. The summed E-state index contributed by atoms with van der Waals surface area (Å²) in [7, 11) is 0. The number of hydrogen-bond acceptors (Lipinski definition) is 5. The molecule has 1 saturated heterocycles. The molecule has 0 aliphatic carbocycles. The van der Waals surface area contributed by atoms with E-state index in [1.165, 1.54) is 10.7 Å². The second kappa shape index (κ2) is 5.80. The number of rotatable bonds is 4. The summed E-state index contributed by atoms with van der Waals surface area (Å²) in [5.41, 5.74) is 0.707. The number of nitrogens with one attached hydrogen (secondary N) is 2. The minimum absolute atomic E-state index is 0.0666. The highest BCUT2D eigenvalue weighted by molar-refractivity contribution is 5.74. The first-order valence-electron chi connectivity index (χ1n) is 7.71. The lowest BCUT2D eigenvalue weighted by atomic mass is 9.96. The molecule has 1 aliphatic rings. The Labute approximate surface area is 139 Å². The molecule has 0 spiro atoms. The number of H-pyrrole nitrogens is 2. The Morgan fingerprint density at radius 2 is 2.12 bits per heavy atom. The standard InChI is InChI=1S/C15H14F2N6O2/c16-12(17)3-8-6-22(7-8)11-4-10(21-23-2-1-18-13(11)23)9-5-19-15(25)20-14(9)24/h1-2,4-5,8,12H,3,6-7H2,(H2,19,20,24,25). The highest BCUT2D eigenvalue weighted by Crippen LogP contribution is 2.32. The van der Waals surface area contributed by atoms with Crippen molar-refractivity contribution in [1.82, 2.24) is 24.6 Å². The van der Waals surface area contributed by atoms with Gasteiger partial charge in [-0.15, -0.1) is 0 Å². The number of hydrogen-bond donors (Lipinski definition) is 2. The van der Waals surface area contributed by atoms with E-state index in [0.717, 1.165) is 0 Å². The van der Waals surface area contributed by atoms with E-state index in [1.807, 2.05) is 4.90 Å². The van der Waals surface area contributed by atoms with Gasteiger partial charge in [-0.1, -0.05) is 0 Å². The fraction of sp³-hybridized carbons (Fsp3) is 0.333. The van der Waals surface area contributed by atoms with Crippen LogP contribution in [0.2, 0.25) is 0 Å². The van der Waals surface area contributed by atoms with Crippen molar-refractivity contribution in [2.75, 3.05) is 18.0 Å². The van der Waals surface area contributed by atoms with Crippen LogP contribution in [0.1, 0.15) is 6.42 Å². The van der Waals surface area contributed by atoms with Crippen LogP contribution in [0.3, 0.4) is 0 Å². The minimum atomic E-state index is -2.31. The highest BCUT2D eigenvalue weighted by atomic mass is 19.3. The first-order chi connectivity index (χ1) is 12.0. The Kier molecular flexibility index (Phi) is 3.59. The summed E-state index contributed by atoms with van der Waals surface area (Å²) >= 11 is 0. The molecule has 1 fully saturated rings. The molecule has 0 amide bonds. The van der Waals surface area contributed by atoms with Crippen LogP contribution in [0, 0.1) is 5.92 Å². The van der Waals surface area contributed by atoms with Crippen LogP contribution in [0.25, 0.3) is 16.9 Å². The van der Waals surface area contributed by atoms with Crippen LogP contribution in [-0.2, 0) is 0 Å². The van der Waals surface area contributed by atoms with Gasteiger partial charge in [0.2, 0.25) is 6.43 Å². The van der Waals surface area contributed by atoms with Crippen molar-refractivity contribution in [2.24, 2.45) is 5.92 Å². The van der Waals surface area contributed by atoms with Gasteiger partial charge in [0.25, 0.3) is 5.56 Å². The topological polar surface area (TPSA) is 99.2 Å². The molecule has 3 aromatic rings. The summed E-state index contributed by atoms with van der Waals surface area (Å²) < 4.78 is 26.5. The second-order valence-corrected chi connectivity index (χ2v) is 5.99. The lowest BCUT2D eigenvalue weighted by Crippen LogP contribution is -2.47. The van der Waals surface area contributed by atoms with Gasteiger partial charge < -0.3 is 9.88 Å². The van der Waals surface area contributed by atoms with Gasteiger partial charge in [0.1, 0.15) is 5.69 Å². The van der Waals surface area contributed by atoms with Crippen molar-refractivity contribution in [3.05, 3.63) is 45.5 Å². The van der Waals surface area contributed by atoms with Crippen LogP contribution < -0.4 is 16.1 Å². The first kappa shape index (κ1) is 15.5.